The first-order valence-corrected chi connectivity index (χ1v) is 11.1. The Morgan fingerprint density at radius 1 is 1.19 bits per heavy atom. The summed E-state index contributed by atoms with van der Waals surface area (Å²) >= 11 is 0. The van der Waals surface area contributed by atoms with Crippen LogP contribution in [-0.2, 0) is 4.74 Å². The molecular weight excluding hydrogens is 401 g/mol. The molecule has 0 aromatic heterocycles. The number of carbonyl (C=O) groups excluding carboxylic acids is 2. The number of nitrogens with zero attached hydrogens (tertiary/aromatic N) is 2. The van der Waals surface area contributed by atoms with Crippen molar-refractivity contribution in [3.8, 4) is 5.75 Å². The number of halogens is 1. The van der Waals surface area contributed by atoms with Gasteiger partial charge in [0, 0.05) is 6.54 Å². The summed E-state index contributed by atoms with van der Waals surface area (Å²) in [6.45, 7) is 5.41. The lowest BCUT2D eigenvalue weighted by molar-refractivity contribution is -0.0343. The molecule has 2 fully saturated rings. The number of rotatable bonds is 5. The number of nitrogens with one attached hydrogen (secondary N) is 1. The maximum absolute atomic E-state index is 13.2. The Kier molecular flexibility index (Phi) is 7.75. The molecule has 1 saturated carbocycles. The molecule has 5 unspecified atom stereocenters. The zero-order valence-corrected chi connectivity index (χ0v) is 18.8. The fourth-order valence-corrected chi connectivity index (χ4v) is 5.28. The Hall–Kier alpha value is -2.35. The van der Waals surface area contributed by atoms with Gasteiger partial charge in [-0.3, -0.25) is 4.90 Å². The first-order chi connectivity index (χ1) is 14.9. The minimum Gasteiger partial charge on any atom is -0.453 e. The van der Waals surface area contributed by atoms with E-state index in [4.69, 9.17) is 9.47 Å². The third kappa shape index (κ3) is 5.11. The summed E-state index contributed by atoms with van der Waals surface area (Å²) < 4.78 is 23.8. The van der Waals surface area contributed by atoms with Crippen molar-refractivity contribution in [2.45, 2.75) is 57.7 Å². The first kappa shape index (κ1) is 23.3. The molecule has 1 aromatic rings. The number of fused-ring (bicyclic) bond motifs is 1. The number of hydrogen-bond acceptors (Lipinski definition) is 5. The van der Waals surface area contributed by atoms with Gasteiger partial charge in [-0.25, -0.2) is 14.0 Å². The molecule has 1 aliphatic carbocycles. The zero-order chi connectivity index (χ0) is 22.5. The lowest BCUT2D eigenvalue weighted by Crippen LogP contribution is -2.67. The standard InChI is InChI=1S/C23H34FN3O4/c1-5-16(13-25-3)17-6-11-20-21(12-17)26(14-15(2)27(20)23(29)30-4)22(28)31-19-9-7-18(24)8-10-19/h7-10,15-17,20-21,25H,5-6,11-14H2,1-4H3. The topological polar surface area (TPSA) is 71.1 Å². The van der Waals surface area contributed by atoms with Gasteiger partial charge in [0.15, 0.2) is 0 Å². The number of piperazine rings is 1. The molecule has 8 heteroatoms. The molecular formula is C23H34FN3O4. The van der Waals surface area contributed by atoms with Gasteiger partial charge in [0.25, 0.3) is 0 Å². The van der Waals surface area contributed by atoms with E-state index in [2.05, 4.69) is 12.2 Å². The highest BCUT2D eigenvalue weighted by atomic mass is 19.1. The van der Waals surface area contributed by atoms with Crippen LogP contribution in [0.5, 0.6) is 5.75 Å². The van der Waals surface area contributed by atoms with Gasteiger partial charge >= 0.3 is 12.2 Å². The van der Waals surface area contributed by atoms with E-state index in [-0.39, 0.29) is 30.0 Å². The minimum atomic E-state index is -0.458. The van der Waals surface area contributed by atoms with Crippen LogP contribution in [0.2, 0.25) is 0 Å². The Bertz CT molecular complexity index is 760. The van der Waals surface area contributed by atoms with Crippen molar-refractivity contribution in [3.05, 3.63) is 30.1 Å². The quantitative estimate of drug-likeness (QED) is 0.760. The number of benzene rings is 1. The average Bonchev–Trinajstić information content (AvgIpc) is 2.77. The molecule has 3 rings (SSSR count). The van der Waals surface area contributed by atoms with E-state index in [0.717, 1.165) is 32.2 Å². The SMILES string of the molecule is CCC(CNC)C1CCC2C(C1)N(C(=O)Oc1ccc(F)cc1)CC(C)N2C(=O)OC. The monoisotopic (exact) mass is 435 g/mol. The van der Waals surface area contributed by atoms with Gasteiger partial charge in [0.1, 0.15) is 11.6 Å². The molecule has 1 saturated heterocycles. The molecule has 0 spiro atoms. The molecule has 5 atom stereocenters. The van der Waals surface area contributed by atoms with Gasteiger partial charge in [-0.2, -0.15) is 0 Å². The third-order valence-corrected chi connectivity index (χ3v) is 6.81. The second kappa shape index (κ2) is 10.3. The summed E-state index contributed by atoms with van der Waals surface area (Å²) in [6.07, 6.45) is 2.87. The Labute approximate surface area is 183 Å². The van der Waals surface area contributed by atoms with Crippen LogP contribution in [0.25, 0.3) is 0 Å². The third-order valence-electron chi connectivity index (χ3n) is 6.81. The molecule has 2 amide bonds. The van der Waals surface area contributed by atoms with Crippen LogP contribution in [0.3, 0.4) is 0 Å². The summed E-state index contributed by atoms with van der Waals surface area (Å²) in [7, 11) is 3.35. The minimum absolute atomic E-state index is 0.111. The van der Waals surface area contributed by atoms with Crippen LogP contribution in [0.15, 0.2) is 24.3 Å². The average molecular weight is 436 g/mol. The number of methoxy groups -OCH3 is 1. The van der Waals surface area contributed by atoms with E-state index in [1.165, 1.54) is 31.4 Å². The van der Waals surface area contributed by atoms with E-state index < -0.39 is 6.09 Å². The van der Waals surface area contributed by atoms with E-state index in [1.54, 1.807) is 9.80 Å². The van der Waals surface area contributed by atoms with Crippen LogP contribution in [0.4, 0.5) is 14.0 Å². The van der Waals surface area contributed by atoms with Crippen molar-refractivity contribution >= 4 is 12.2 Å². The Morgan fingerprint density at radius 2 is 1.90 bits per heavy atom. The fraction of sp³-hybridized carbons (Fsp3) is 0.652. The van der Waals surface area contributed by atoms with E-state index in [1.807, 2.05) is 14.0 Å². The van der Waals surface area contributed by atoms with Crippen molar-refractivity contribution < 1.29 is 23.5 Å². The summed E-state index contributed by atoms with van der Waals surface area (Å²) in [5.41, 5.74) is 0. The van der Waals surface area contributed by atoms with Gasteiger partial charge in [-0.1, -0.05) is 13.3 Å². The highest BCUT2D eigenvalue weighted by Crippen LogP contribution is 2.39. The molecule has 2 aliphatic rings. The predicted molar refractivity (Wildman–Crippen MR) is 115 cm³/mol. The highest BCUT2D eigenvalue weighted by Gasteiger charge is 2.48. The van der Waals surface area contributed by atoms with Crippen molar-refractivity contribution in [2.24, 2.45) is 11.8 Å². The molecule has 1 aromatic carbocycles. The van der Waals surface area contributed by atoms with E-state index in [9.17, 15) is 14.0 Å². The lowest BCUT2D eigenvalue weighted by atomic mass is 9.73. The Balaban J connectivity index is 1.84. The van der Waals surface area contributed by atoms with Crippen molar-refractivity contribution in [3.63, 3.8) is 0 Å². The van der Waals surface area contributed by atoms with Crippen LogP contribution >= 0.6 is 0 Å². The Morgan fingerprint density at radius 3 is 2.52 bits per heavy atom. The molecule has 1 aliphatic heterocycles. The molecule has 172 valence electrons. The van der Waals surface area contributed by atoms with Crippen LogP contribution in [0, 0.1) is 17.7 Å². The van der Waals surface area contributed by atoms with Gasteiger partial charge in [0.05, 0.1) is 25.2 Å². The van der Waals surface area contributed by atoms with Crippen LogP contribution in [0.1, 0.15) is 39.5 Å². The number of carbonyl (C=O) groups is 2. The maximum Gasteiger partial charge on any atom is 0.415 e. The first-order valence-electron chi connectivity index (χ1n) is 11.1. The van der Waals surface area contributed by atoms with Gasteiger partial charge < -0.3 is 19.7 Å². The highest BCUT2D eigenvalue weighted by molar-refractivity contribution is 5.73. The second-order valence-electron chi connectivity index (χ2n) is 8.63. The van der Waals surface area contributed by atoms with Crippen molar-refractivity contribution in [2.75, 3.05) is 27.2 Å². The summed E-state index contributed by atoms with van der Waals surface area (Å²) in [5, 5.41) is 3.28. The van der Waals surface area contributed by atoms with E-state index >= 15 is 0 Å². The lowest BCUT2D eigenvalue weighted by Gasteiger charge is -2.53. The maximum atomic E-state index is 13.2. The summed E-state index contributed by atoms with van der Waals surface area (Å²) in [5.74, 6) is 0.880. The molecule has 1 heterocycles. The smallest absolute Gasteiger partial charge is 0.415 e. The van der Waals surface area contributed by atoms with Crippen molar-refractivity contribution in [1.82, 2.24) is 15.1 Å². The fourth-order valence-electron chi connectivity index (χ4n) is 5.28. The molecule has 1 N–H and O–H groups in total. The normalized spacial score (nSPS) is 26.7. The van der Waals surface area contributed by atoms with Crippen LogP contribution < -0.4 is 10.1 Å². The second-order valence-corrected chi connectivity index (χ2v) is 8.63. The van der Waals surface area contributed by atoms with Crippen molar-refractivity contribution in [1.29, 1.82) is 0 Å². The number of amides is 2. The van der Waals surface area contributed by atoms with Gasteiger partial charge in [-0.05, 0) is 75.9 Å². The summed E-state index contributed by atoms with van der Waals surface area (Å²) in [4.78, 5) is 29.2. The molecule has 0 radical (unpaired) electrons. The van der Waals surface area contributed by atoms with Gasteiger partial charge in [0.2, 0.25) is 0 Å². The predicted octanol–water partition coefficient (Wildman–Crippen LogP) is 3.88. The van der Waals surface area contributed by atoms with Crippen LogP contribution in [-0.4, -0.2) is 67.4 Å². The molecule has 0 bridgehead atoms. The number of hydrogen-bond donors (Lipinski definition) is 1. The molecule has 31 heavy (non-hydrogen) atoms. The molecule has 7 nitrogen and oxygen atoms in total. The van der Waals surface area contributed by atoms with Gasteiger partial charge in [-0.15, -0.1) is 0 Å². The summed E-state index contributed by atoms with van der Waals surface area (Å²) in [6, 6.07) is 4.98. The van der Waals surface area contributed by atoms with E-state index in [0.29, 0.717) is 24.1 Å². The zero-order valence-electron chi connectivity index (χ0n) is 18.8. The number of ether oxygens (including phenoxy) is 2. The largest absolute Gasteiger partial charge is 0.453 e.